The molecule has 1 aromatic rings. The lowest BCUT2D eigenvalue weighted by Gasteiger charge is -2.03. The monoisotopic (exact) mass is 209 g/mol. The van der Waals surface area contributed by atoms with E-state index in [-0.39, 0.29) is 0 Å². The van der Waals surface area contributed by atoms with Crippen molar-refractivity contribution in [2.45, 2.75) is 12.8 Å². The summed E-state index contributed by atoms with van der Waals surface area (Å²) < 4.78 is 0. The van der Waals surface area contributed by atoms with E-state index in [1.54, 1.807) is 0 Å². The van der Waals surface area contributed by atoms with E-state index in [1.165, 1.54) is 11.1 Å². The zero-order chi connectivity index (χ0) is 10.2. The second-order valence-electron chi connectivity index (χ2n) is 3.12. The largest absolute Gasteiger partial charge is 0.330 e. The van der Waals surface area contributed by atoms with Crippen molar-refractivity contribution in [3.05, 3.63) is 41.5 Å². The Bertz CT molecular complexity index is 294. The third-order valence-corrected chi connectivity index (χ3v) is 2.26. The molecule has 0 spiro atoms. The second kappa shape index (κ2) is 6.63. The van der Waals surface area contributed by atoms with Gasteiger partial charge in [0, 0.05) is 5.88 Å². The lowest BCUT2D eigenvalue weighted by atomic mass is 10.0. The number of allylic oxidation sites excluding steroid dienone is 1. The number of alkyl halides is 1. The van der Waals surface area contributed by atoms with Gasteiger partial charge in [-0.2, -0.15) is 0 Å². The molecular weight excluding hydrogens is 194 g/mol. The fraction of sp³-hybridized carbons (Fsp3) is 0.333. The molecule has 0 fully saturated rings. The molecule has 0 aliphatic rings. The van der Waals surface area contributed by atoms with Crippen LogP contribution in [0.25, 0.3) is 6.08 Å². The molecular formula is C12H16ClN. The van der Waals surface area contributed by atoms with Crippen LogP contribution in [0.2, 0.25) is 0 Å². The van der Waals surface area contributed by atoms with E-state index in [0.717, 1.165) is 12.8 Å². The van der Waals surface area contributed by atoms with Crippen LogP contribution in [0.4, 0.5) is 0 Å². The Balaban J connectivity index is 2.73. The summed E-state index contributed by atoms with van der Waals surface area (Å²) in [6.45, 7) is 0.695. The smallest absolute Gasteiger partial charge is 0.0258 e. The van der Waals surface area contributed by atoms with E-state index in [4.69, 9.17) is 17.3 Å². The van der Waals surface area contributed by atoms with Crippen molar-refractivity contribution in [3.63, 3.8) is 0 Å². The predicted octanol–water partition coefficient (Wildman–Crippen LogP) is 2.83. The van der Waals surface area contributed by atoms with Gasteiger partial charge in [-0.1, -0.05) is 36.4 Å². The summed E-state index contributed by atoms with van der Waals surface area (Å²) in [6, 6.07) is 8.31. The molecule has 14 heavy (non-hydrogen) atoms. The van der Waals surface area contributed by atoms with Crippen molar-refractivity contribution in [1.29, 1.82) is 0 Å². The molecule has 0 unspecified atom stereocenters. The van der Waals surface area contributed by atoms with Gasteiger partial charge in [0.15, 0.2) is 0 Å². The third-order valence-electron chi connectivity index (χ3n) is 2.04. The summed E-state index contributed by atoms with van der Waals surface area (Å²) in [5, 5.41) is 0. The molecule has 2 N–H and O–H groups in total. The van der Waals surface area contributed by atoms with E-state index >= 15 is 0 Å². The van der Waals surface area contributed by atoms with Gasteiger partial charge in [-0.15, -0.1) is 11.6 Å². The van der Waals surface area contributed by atoms with Crippen LogP contribution in [0, 0.1) is 0 Å². The standard InChI is InChI=1S/C12H16ClN/c13-9-4-3-7-11-5-1-2-6-12(11)8-10-14/h1-3,5-7H,4,8-10,14H2. The summed E-state index contributed by atoms with van der Waals surface area (Å²) in [4.78, 5) is 0. The van der Waals surface area contributed by atoms with Crippen LogP contribution in [-0.2, 0) is 6.42 Å². The molecule has 0 bridgehead atoms. The molecule has 0 saturated carbocycles. The van der Waals surface area contributed by atoms with E-state index in [1.807, 2.05) is 12.1 Å². The Hall–Kier alpha value is -0.790. The highest BCUT2D eigenvalue weighted by molar-refractivity contribution is 6.17. The van der Waals surface area contributed by atoms with E-state index in [9.17, 15) is 0 Å². The molecule has 1 rings (SSSR count). The third kappa shape index (κ3) is 3.52. The fourth-order valence-corrected chi connectivity index (χ4v) is 1.48. The quantitative estimate of drug-likeness (QED) is 0.742. The number of benzene rings is 1. The van der Waals surface area contributed by atoms with Crippen molar-refractivity contribution in [2.24, 2.45) is 5.73 Å². The molecule has 0 aliphatic carbocycles. The Kier molecular flexibility index (Phi) is 5.35. The van der Waals surface area contributed by atoms with Gasteiger partial charge in [0.25, 0.3) is 0 Å². The van der Waals surface area contributed by atoms with Gasteiger partial charge in [0.05, 0.1) is 0 Å². The van der Waals surface area contributed by atoms with Crippen LogP contribution in [0.3, 0.4) is 0 Å². The maximum Gasteiger partial charge on any atom is 0.0258 e. The van der Waals surface area contributed by atoms with Gasteiger partial charge in [0.1, 0.15) is 0 Å². The molecule has 2 heteroatoms. The molecule has 0 saturated heterocycles. The lowest BCUT2D eigenvalue weighted by molar-refractivity contribution is 0.966. The highest BCUT2D eigenvalue weighted by atomic mass is 35.5. The van der Waals surface area contributed by atoms with Crippen LogP contribution in [-0.4, -0.2) is 12.4 Å². The number of rotatable bonds is 5. The van der Waals surface area contributed by atoms with Gasteiger partial charge in [0.2, 0.25) is 0 Å². The van der Waals surface area contributed by atoms with Crippen molar-refractivity contribution < 1.29 is 0 Å². The fourth-order valence-electron chi connectivity index (χ4n) is 1.35. The number of hydrogen-bond donors (Lipinski definition) is 1. The Morgan fingerprint density at radius 1 is 1.29 bits per heavy atom. The van der Waals surface area contributed by atoms with Gasteiger partial charge in [-0.05, 0) is 30.5 Å². The van der Waals surface area contributed by atoms with Crippen LogP contribution >= 0.6 is 11.6 Å². The minimum Gasteiger partial charge on any atom is -0.330 e. The molecule has 0 aliphatic heterocycles. The predicted molar refractivity (Wildman–Crippen MR) is 63.6 cm³/mol. The zero-order valence-electron chi connectivity index (χ0n) is 8.25. The molecule has 76 valence electrons. The van der Waals surface area contributed by atoms with Crippen LogP contribution in [0.1, 0.15) is 17.5 Å². The molecule has 0 amide bonds. The topological polar surface area (TPSA) is 26.0 Å². The SMILES string of the molecule is NCCc1ccccc1C=CCCCl. The number of hydrogen-bond acceptors (Lipinski definition) is 1. The van der Waals surface area contributed by atoms with Crippen molar-refractivity contribution in [1.82, 2.24) is 0 Å². The Labute approximate surface area is 90.6 Å². The van der Waals surface area contributed by atoms with Crippen molar-refractivity contribution in [3.8, 4) is 0 Å². The van der Waals surface area contributed by atoms with E-state index in [0.29, 0.717) is 12.4 Å². The summed E-state index contributed by atoms with van der Waals surface area (Å²) in [7, 11) is 0. The Morgan fingerprint density at radius 2 is 2.07 bits per heavy atom. The summed E-state index contributed by atoms with van der Waals surface area (Å²) in [5.74, 6) is 0.676. The molecule has 0 radical (unpaired) electrons. The summed E-state index contributed by atoms with van der Waals surface area (Å²) in [5.41, 5.74) is 8.10. The molecule has 0 heterocycles. The average Bonchev–Trinajstić information content (AvgIpc) is 2.21. The van der Waals surface area contributed by atoms with Crippen molar-refractivity contribution >= 4 is 17.7 Å². The lowest BCUT2D eigenvalue weighted by Crippen LogP contribution is -2.03. The number of nitrogens with two attached hydrogens (primary N) is 1. The zero-order valence-corrected chi connectivity index (χ0v) is 9.00. The molecule has 0 aromatic heterocycles. The maximum absolute atomic E-state index is 5.60. The first-order chi connectivity index (χ1) is 6.88. The first-order valence-electron chi connectivity index (χ1n) is 4.89. The van der Waals surface area contributed by atoms with Crippen LogP contribution in [0.15, 0.2) is 30.3 Å². The van der Waals surface area contributed by atoms with Gasteiger partial charge in [-0.25, -0.2) is 0 Å². The molecule has 1 nitrogen and oxygen atoms in total. The highest BCUT2D eigenvalue weighted by Gasteiger charge is 1.95. The first kappa shape index (κ1) is 11.3. The summed E-state index contributed by atoms with van der Waals surface area (Å²) in [6.07, 6.45) is 6.07. The van der Waals surface area contributed by atoms with Gasteiger partial charge in [-0.3, -0.25) is 0 Å². The highest BCUT2D eigenvalue weighted by Crippen LogP contribution is 2.11. The minimum absolute atomic E-state index is 0.676. The van der Waals surface area contributed by atoms with Gasteiger partial charge >= 0.3 is 0 Å². The number of halogens is 1. The van der Waals surface area contributed by atoms with E-state index < -0.39 is 0 Å². The minimum atomic E-state index is 0.676. The normalized spacial score (nSPS) is 11.0. The maximum atomic E-state index is 5.60. The molecule has 1 aromatic carbocycles. The first-order valence-corrected chi connectivity index (χ1v) is 5.42. The van der Waals surface area contributed by atoms with E-state index in [2.05, 4.69) is 24.3 Å². The van der Waals surface area contributed by atoms with Crippen LogP contribution < -0.4 is 5.73 Å². The van der Waals surface area contributed by atoms with Crippen LogP contribution in [0.5, 0.6) is 0 Å². The van der Waals surface area contributed by atoms with Crippen molar-refractivity contribution in [2.75, 3.05) is 12.4 Å². The second-order valence-corrected chi connectivity index (χ2v) is 3.50. The van der Waals surface area contributed by atoms with Gasteiger partial charge < -0.3 is 5.73 Å². The summed E-state index contributed by atoms with van der Waals surface area (Å²) >= 11 is 5.60. The Morgan fingerprint density at radius 3 is 2.79 bits per heavy atom. The molecule has 0 atom stereocenters. The average molecular weight is 210 g/mol.